The summed E-state index contributed by atoms with van der Waals surface area (Å²) < 4.78 is 0. The summed E-state index contributed by atoms with van der Waals surface area (Å²) in [4.78, 5) is 16.7. The summed E-state index contributed by atoms with van der Waals surface area (Å²) in [6.45, 7) is 6.13. The molecule has 1 aromatic carbocycles. The zero-order valence-corrected chi connectivity index (χ0v) is 12.8. The van der Waals surface area contributed by atoms with Crippen molar-refractivity contribution in [3.8, 4) is 0 Å². The maximum Gasteiger partial charge on any atom is 0.224 e. The van der Waals surface area contributed by atoms with Crippen molar-refractivity contribution in [1.82, 2.24) is 20.4 Å². The van der Waals surface area contributed by atoms with E-state index in [1.165, 1.54) is 11.1 Å². The molecule has 1 aromatic rings. The molecule has 5 nitrogen and oxygen atoms in total. The lowest BCUT2D eigenvalue weighted by Gasteiger charge is -2.42. The second kappa shape index (κ2) is 6.13. The van der Waals surface area contributed by atoms with Crippen molar-refractivity contribution in [3.63, 3.8) is 0 Å². The van der Waals surface area contributed by atoms with Crippen LogP contribution in [-0.4, -0.2) is 55.2 Å². The summed E-state index contributed by atoms with van der Waals surface area (Å²) in [6.07, 6.45) is 0.457. The molecule has 0 saturated carbocycles. The Bertz CT molecular complexity index is 494. The van der Waals surface area contributed by atoms with Gasteiger partial charge in [0.05, 0.1) is 0 Å². The van der Waals surface area contributed by atoms with Gasteiger partial charge >= 0.3 is 0 Å². The molecule has 2 fully saturated rings. The number of likely N-dealkylation sites (N-methyl/N-ethyl adjacent to an activating group) is 1. The van der Waals surface area contributed by atoms with Crippen molar-refractivity contribution in [1.29, 1.82) is 0 Å². The first-order valence-corrected chi connectivity index (χ1v) is 7.66. The van der Waals surface area contributed by atoms with E-state index < -0.39 is 0 Å². The predicted molar refractivity (Wildman–Crippen MR) is 82.7 cm³/mol. The van der Waals surface area contributed by atoms with Crippen molar-refractivity contribution in [2.45, 2.75) is 25.7 Å². The molecule has 2 N–H and O–H groups in total. The fourth-order valence-electron chi connectivity index (χ4n) is 2.98. The zero-order valence-electron chi connectivity index (χ0n) is 12.8. The molecule has 3 rings (SSSR count). The van der Waals surface area contributed by atoms with Gasteiger partial charge in [0.1, 0.15) is 6.29 Å². The smallest absolute Gasteiger partial charge is 0.224 e. The highest BCUT2D eigenvalue weighted by atomic mass is 16.2. The molecular weight excluding hydrogens is 264 g/mol. The van der Waals surface area contributed by atoms with Crippen LogP contribution in [0.25, 0.3) is 0 Å². The lowest BCUT2D eigenvalue weighted by Crippen LogP contribution is -2.64. The minimum absolute atomic E-state index is 0.0498. The Morgan fingerprint density at radius 1 is 1.10 bits per heavy atom. The fraction of sp³-hybridized carbons (Fsp3) is 0.562. The van der Waals surface area contributed by atoms with Gasteiger partial charge in [0.2, 0.25) is 5.91 Å². The molecule has 0 bridgehead atoms. The predicted octanol–water partition coefficient (Wildman–Crippen LogP) is 0.677. The number of amides is 1. The van der Waals surface area contributed by atoms with E-state index in [1.807, 2.05) is 0 Å². The maximum atomic E-state index is 12.0. The van der Waals surface area contributed by atoms with Crippen LogP contribution in [0.4, 0.5) is 0 Å². The van der Waals surface area contributed by atoms with Crippen LogP contribution in [0.3, 0.4) is 0 Å². The Morgan fingerprint density at radius 2 is 1.76 bits per heavy atom. The van der Waals surface area contributed by atoms with Crippen LogP contribution in [-0.2, 0) is 4.79 Å². The molecule has 2 aliphatic rings. The SMILES string of the molecule is Cc1ccc(C2CC(=O)NC(N3CCN(C)CC3)N2)cc1. The van der Waals surface area contributed by atoms with Crippen molar-refractivity contribution in [2.75, 3.05) is 33.2 Å². The monoisotopic (exact) mass is 288 g/mol. The molecule has 2 unspecified atom stereocenters. The highest BCUT2D eigenvalue weighted by Gasteiger charge is 2.31. The number of piperazine rings is 1. The third-order valence-electron chi connectivity index (χ3n) is 4.43. The second-order valence-corrected chi connectivity index (χ2v) is 6.14. The van der Waals surface area contributed by atoms with E-state index in [-0.39, 0.29) is 18.2 Å². The summed E-state index contributed by atoms with van der Waals surface area (Å²) in [5.41, 5.74) is 2.43. The van der Waals surface area contributed by atoms with Gasteiger partial charge in [-0.05, 0) is 19.5 Å². The first-order valence-electron chi connectivity index (χ1n) is 7.66. The lowest BCUT2D eigenvalue weighted by atomic mass is 10.0. The van der Waals surface area contributed by atoms with Gasteiger partial charge in [-0.15, -0.1) is 0 Å². The average molecular weight is 288 g/mol. The van der Waals surface area contributed by atoms with Crippen LogP contribution in [0.5, 0.6) is 0 Å². The number of carbonyl (C=O) groups is 1. The van der Waals surface area contributed by atoms with Crippen LogP contribution in [0.2, 0.25) is 0 Å². The molecule has 2 aliphatic heterocycles. The first kappa shape index (κ1) is 14.5. The fourth-order valence-corrected chi connectivity index (χ4v) is 2.98. The first-order chi connectivity index (χ1) is 10.1. The van der Waals surface area contributed by atoms with Crippen molar-refractivity contribution < 1.29 is 4.79 Å². The molecule has 0 aliphatic carbocycles. The standard InChI is InChI=1S/C16H24N4O/c1-12-3-5-13(6-4-12)14-11-15(21)18-16(17-14)20-9-7-19(2)8-10-20/h3-6,14,16-17H,7-11H2,1-2H3,(H,18,21). The quantitative estimate of drug-likeness (QED) is 0.840. The Morgan fingerprint density at radius 3 is 2.43 bits per heavy atom. The second-order valence-electron chi connectivity index (χ2n) is 6.14. The Labute approximate surface area is 126 Å². The summed E-state index contributed by atoms with van der Waals surface area (Å²) in [5.74, 6) is 0.128. The highest BCUT2D eigenvalue weighted by Crippen LogP contribution is 2.21. The van der Waals surface area contributed by atoms with Crippen LogP contribution >= 0.6 is 0 Å². The lowest BCUT2D eigenvalue weighted by molar-refractivity contribution is -0.127. The summed E-state index contributed by atoms with van der Waals surface area (Å²) in [6, 6.07) is 8.55. The maximum absolute atomic E-state index is 12.0. The number of benzene rings is 1. The summed E-state index contributed by atoms with van der Waals surface area (Å²) in [5, 5.41) is 6.65. The molecule has 1 amide bonds. The normalized spacial score (nSPS) is 28.4. The van der Waals surface area contributed by atoms with E-state index in [1.54, 1.807) is 0 Å². The van der Waals surface area contributed by atoms with Gasteiger partial charge in [0, 0.05) is 38.6 Å². The van der Waals surface area contributed by atoms with Gasteiger partial charge in [-0.3, -0.25) is 15.0 Å². The number of nitrogens with zero attached hydrogens (tertiary/aromatic N) is 2. The Kier molecular flexibility index (Phi) is 4.24. The molecule has 0 aromatic heterocycles. The molecule has 2 heterocycles. The van der Waals surface area contributed by atoms with Gasteiger partial charge in [0.15, 0.2) is 0 Å². The third kappa shape index (κ3) is 3.43. The summed E-state index contributed by atoms with van der Waals surface area (Å²) in [7, 11) is 2.14. The van der Waals surface area contributed by atoms with E-state index in [4.69, 9.17) is 0 Å². The van der Waals surface area contributed by atoms with E-state index in [0.717, 1.165) is 26.2 Å². The number of rotatable bonds is 2. The van der Waals surface area contributed by atoms with E-state index in [2.05, 4.69) is 58.7 Å². The van der Waals surface area contributed by atoms with Gasteiger partial charge < -0.3 is 10.2 Å². The van der Waals surface area contributed by atoms with Crippen LogP contribution in [0.15, 0.2) is 24.3 Å². The minimum atomic E-state index is -0.0498. The number of hydrogen-bond donors (Lipinski definition) is 2. The summed E-state index contributed by atoms with van der Waals surface area (Å²) >= 11 is 0. The molecule has 2 saturated heterocycles. The van der Waals surface area contributed by atoms with Gasteiger partial charge in [-0.1, -0.05) is 29.8 Å². The Hall–Kier alpha value is -1.43. The van der Waals surface area contributed by atoms with Gasteiger partial charge in [0.25, 0.3) is 0 Å². The molecule has 5 heteroatoms. The van der Waals surface area contributed by atoms with Crippen molar-refractivity contribution in [2.24, 2.45) is 0 Å². The molecule has 2 atom stereocenters. The van der Waals surface area contributed by atoms with Crippen molar-refractivity contribution >= 4 is 5.91 Å². The molecular formula is C16H24N4O. The molecule has 114 valence electrons. The van der Waals surface area contributed by atoms with Gasteiger partial charge in [-0.25, -0.2) is 0 Å². The molecule has 0 spiro atoms. The van der Waals surface area contributed by atoms with Crippen molar-refractivity contribution in [3.05, 3.63) is 35.4 Å². The third-order valence-corrected chi connectivity index (χ3v) is 4.43. The number of aryl methyl sites for hydroxylation is 1. The number of carbonyl (C=O) groups excluding carboxylic acids is 1. The Balaban J connectivity index is 1.69. The largest absolute Gasteiger partial charge is 0.328 e. The van der Waals surface area contributed by atoms with Crippen LogP contribution in [0.1, 0.15) is 23.6 Å². The zero-order chi connectivity index (χ0) is 14.8. The molecule has 0 radical (unpaired) electrons. The van der Waals surface area contributed by atoms with E-state index in [9.17, 15) is 4.79 Å². The van der Waals surface area contributed by atoms with E-state index >= 15 is 0 Å². The highest BCUT2D eigenvalue weighted by molar-refractivity contribution is 5.78. The topological polar surface area (TPSA) is 47.6 Å². The van der Waals surface area contributed by atoms with Crippen LogP contribution < -0.4 is 10.6 Å². The van der Waals surface area contributed by atoms with E-state index in [0.29, 0.717) is 6.42 Å². The van der Waals surface area contributed by atoms with Gasteiger partial charge in [-0.2, -0.15) is 0 Å². The number of nitrogens with one attached hydrogen (secondary N) is 2. The minimum Gasteiger partial charge on any atom is -0.328 e. The van der Waals surface area contributed by atoms with Crippen LogP contribution in [0, 0.1) is 6.92 Å². The molecule has 21 heavy (non-hydrogen) atoms. The average Bonchev–Trinajstić information content (AvgIpc) is 2.48. The number of hydrogen-bond acceptors (Lipinski definition) is 4.